The number of nitrogens with zero attached hydrogens (tertiary/aromatic N) is 3. The number of aromatic nitrogens is 3. The first-order valence-corrected chi connectivity index (χ1v) is 13.2. The Balaban J connectivity index is 0.000000494. The van der Waals surface area contributed by atoms with Gasteiger partial charge in [0.15, 0.2) is 5.82 Å². The van der Waals surface area contributed by atoms with E-state index in [1.54, 1.807) is 12.3 Å². The maximum atomic E-state index is 6.61. The second-order valence-electron chi connectivity index (χ2n) is 8.64. The topological polar surface area (TPSA) is 104 Å². The standard InChI is InChI=1S/C23H21Cl2N5O2.C5H10O/c1-31-16-11-17(32-2)20(25)18(19(16)24)15-10-14-12-28-23(26)30-21(14)22(29-15)27-9-8-13-6-4-3-5-7-13;1-2-4-6-5-3-1/h3-7,10-12H,8-9H2,1-2H3,(H,27,29)(H2,26,28,30);1-5H2. The van der Waals surface area contributed by atoms with Crippen LogP contribution in [-0.2, 0) is 11.2 Å². The first-order valence-electron chi connectivity index (χ1n) is 12.4. The van der Waals surface area contributed by atoms with Crippen molar-refractivity contribution in [3.8, 4) is 22.8 Å². The fraction of sp³-hybridized carbons (Fsp3) is 0.321. The van der Waals surface area contributed by atoms with Crippen molar-refractivity contribution < 1.29 is 14.2 Å². The van der Waals surface area contributed by atoms with Crippen LogP contribution in [0.25, 0.3) is 22.2 Å². The molecular weight excluding hydrogens is 525 g/mol. The van der Waals surface area contributed by atoms with E-state index >= 15 is 0 Å². The molecule has 2 aromatic heterocycles. The summed E-state index contributed by atoms with van der Waals surface area (Å²) in [5, 5.41) is 4.76. The fourth-order valence-electron chi connectivity index (χ4n) is 4.07. The largest absolute Gasteiger partial charge is 0.495 e. The van der Waals surface area contributed by atoms with Crippen molar-refractivity contribution in [3.63, 3.8) is 0 Å². The molecule has 0 radical (unpaired) electrons. The Morgan fingerprint density at radius 2 is 1.63 bits per heavy atom. The molecule has 0 unspecified atom stereocenters. The average molecular weight is 556 g/mol. The molecule has 0 bridgehead atoms. The molecule has 3 N–H and O–H groups in total. The van der Waals surface area contributed by atoms with Crippen LogP contribution in [0.4, 0.5) is 11.8 Å². The highest BCUT2D eigenvalue weighted by Gasteiger charge is 2.21. The van der Waals surface area contributed by atoms with Gasteiger partial charge in [0.05, 0.1) is 30.0 Å². The highest BCUT2D eigenvalue weighted by molar-refractivity contribution is 6.41. The summed E-state index contributed by atoms with van der Waals surface area (Å²) in [6, 6.07) is 13.6. The molecule has 5 rings (SSSR count). The number of fused-ring (bicyclic) bond motifs is 1. The van der Waals surface area contributed by atoms with Crippen LogP contribution in [0.3, 0.4) is 0 Å². The summed E-state index contributed by atoms with van der Waals surface area (Å²) < 4.78 is 15.9. The minimum Gasteiger partial charge on any atom is -0.495 e. The van der Waals surface area contributed by atoms with E-state index in [-0.39, 0.29) is 5.95 Å². The van der Waals surface area contributed by atoms with E-state index in [0.717, 1.165) is 25.0 Å². The van der Waals surface area contributed by atoms with Crippen molar-refractivity contribution in [2.75, 3.05) is 45.0 Å². The Labute approximate surface area is 232 Å². The van der Waals surface area contributed by atoms with Crippen LogP contribution >= 0.6 is 23.2 Å². The van der Waals surface area contributed by atoms with E-state index in [0.29, 0.717) is 50.7 Å². The summed E-state index contributed by atoms with van der Waals surface area (Å²) in [5.41, 5.74) is 8.67. The number of rotatable bonds is 7. The van der Waals surface area contributed by atoms with Gasteiger partial charge >= 0.3 is 0 Å². The third kappa shape index (κ3) is 6.75. The molecule has 1 saturated heterocycles. The van der Waals surface area contributed by atoms with Gasteiger partial charge in [-0.1, -0.05) is 53.5 Å². The van der Waals surface area contributed by atoms with E-state index in [4.69, 9.17) is 48.1 Å². The van der Waals surface area contributed by atoms with Gasteiger partial charge in [-0.15, -0.1) is 0 Å². The molecule has 8 nitrogen and oxygen atoms in total. The number of anilines is 2. The lowest BCUT2D eigenvalue weighted by molar-refractivity contribution is 0.0968. The third-order valence-electron chi connectivity index (χ3n) is 6.04. The minimum atomic E-state index is 0.164. The lowest BCUT2D eigenvalue weighted by atomic mass is 10.1. The number of hydrogen-bond donors (Lipinski definition) is 2. The van der Waals surface area contributed by atoms with E-state index in [9.17, 15) is 0 Å². The molecular formula is C28H31Cl2N5O3. The van der Waals surface area contributed by atoms with Crippen molar-refractivity contribution in [2.45, 2.75) is 25.7 Å². The van der Waals surface area contributed by atoms with E-state index in [1.807, 2.05) is 24.3 Å². The van der Waals surface area contributed by atoms with Crippen LogP contribution in [-0.4, -0.2) is 48.9 Å². The van der Waals surface area contributed by atoms with Crippen molar-refractivity contribution in [3.05, 3.63) is 64.3 Å². The van der Waals surface area contributed by atoms with E-state index in [1.165, 1.54) is 39.0 Å². The minimum absolute atomic E-state index is 0.164. The van der Waals surface area contributed by atoms with Crippen LogP contribution in [0.5, 0.6) is 11.5 Å². The number of ether oxygens (including phenoxy) is 3. The first-order chi connectivity index (χ1) is 18.5. The van der Waals surface area contributed by atoms with Crippen LogP contribution in [0.2, 0.25) is 10.0 Å². The summed E-state index contributed by atoms with van der Waals surface area (Å²) in [4.78, 5) is 13.3. The quantitative estimate of drug-likeness (QED) is 0.268. The summed E-state index contributed by atoms with van der Waals surface area (Å²) >= 11 is 13.2. The van der Waals surface area contributed by atoms with Crippen LogP contribution in [0.1, 0.15) is 24.8 Å². The highest BCUT2D eigenvalue weighted by atomic mass is 35.5. The maximum Gasteiger partial charge on any atom is 0.220 e. The lowest BCUT2D eigenvalue weighted by Gasteiger charge is -2.16. The smallest absolute Gasteiger partial charge is 0.220 e. The van der Waals surface area contributed by atoms with Gasteiger partial charge in [-0.3, -0.25) is 0 Å². The summed E-state index contributed by atoms with van der Waals surface area (Å²) in [6.07, 6.45) is 6.38. The average Bonchev–Trinajstić information content (AvgIpc) is 2.95. The zero-order valence-corrected chi connectivity index (χ0v) is 23.0. The predicted octanol–water partition coefficient (Wildman–Crippen LogP) is 6.44. The third-order valence-corrected chi connectivity index (χ3v) is 6.79. The van der Waals surface area contributed by atoms with Gasteiger partial charge in [-0.05, 0) is 37.3 Å². The van der Waals surface area contributed by atoms with Crippen LogP contribution in [0.15, 0.2) is 48.7 Å². The monoisotopic (exact) mass is 555 g/mol. The van der Waals surface area contributed by atoms with Gasteiger partial charge in [0.2, 0.25) is 5.95 Å². The number of benzene rings is 2. The molecule has 0 saturated carbocycles. The molecule has 0 amide bonds. The van der Waals surface area contributed by atoms with Gasteiger partial charge in [0, 0.05) is 43.0 Å². The fourth-order valence-corrected chi connectivity index (χ4v) is 4.77. The SMILES string of the molecule is C1CCOCC1.COc1cc(OC)c(Cl)c(-c2cc3cnc(N)nc3c(NCCc3ccccc3)n2)c1Cl. The van der Waals surface area contributed by atoms with Gasteiger partial charge in [0.1, 0.15) is 17.0 Å². The molecule has 3 heterocycles. The second-order valence-corrected chi connectivity index (χ2v) is 9.40. The number of nitrogens with two attached hydrogens (primary N) is 1. The number of nitrogens with one attached hydrogen (secondary N) is 1. The number of pyridine rings is 1. The predicted molar refractivity (Wildman–Crippen MR) is 154 cm³/mol. The molecule has 0 aliphatic carbocycles. The Bertz CT molecular complexity index is 1330. The van der Waals surface area contributed by atoms with Crippen molar-refractivity contribution in [2.24, 2.45) is 0 Å². The van der Waals surface area contributed by atoms with Gasteiger partial charge in [-0.2, -0.15) is 0 Å². The van der Waals surface area contributed by atoms with Crippen LogP contribution < -0.4 is 20.5 Å². The summed E-state index contributed by atoms with van der Waals surface area (Å²) in [7, 11) is 3.05. The molecule has 0 atom stereocenters. The normalized spacial score (nSPS) is 12.9. The van der Waals surface area contributed by atoms with Crippen molar-refractivity contribution in [1.29, 1.82) is 0 Å². The van der Waals surface area contributed by atoms with Crippen molar-refractivity contribution in [1.82, 2.24) is 15.0 Å². The molecule has 1 aliphatic rings. The number of halogens is 2. The first kappa shape index (κ1) is 27.7. The zero-order chi connectivity index (χ0) is 26.9. The zero-order valence-electron chi connectivity index (χ0n) is 21.5. The second kappa shape index (κ2) is 13.5. The Morgan fingerprint density at radius 3 is 2.21 bits per heavy atom. The molecule has 0 spiro atoms. The van der Waals surface area contributed by atoms with Crippen LogP contribution in [0, 0.1) is 0 Å². The Kier molecular flexibility index (Phi) is 9.81. The summed E-state index contributed by atoms with van der Waals surface area (Å²) in [5.74, 6) is 1.57. The molecule has 2 aromatic carbocycles. The molecule has 10 heteroatoms. The maximum absolute atomic E-state index is 6.61. The molecule has 200 valence electrons. The number of nitrogen functional groups attached to an aromatic ring is 1. The molecule has 1 fully saturated rings. The van der Waals surface area contributed by atoms with Gasteiger partial charge in [-0.25, -0.2) is 15.0 Å². The van der Waals surface area contributed by atoms with Crippen molar-refractivity contribution >= 4 is 45.9 Å². The molecule has 4 aromatic rings. The van der Waals surface area contributed by atoms with Gasteiger partial charge < -0.3 is 25.3 Å². The highest BCUT2D eigenvalue weighted by Crippen LogP contribution is 2.46. The number of methoxy groups -OCH3 is 2. The molecule has 38 heavy (non-hydrogen) atoms. The van der Waals surface area contributed by atoms with Gasteiger partial charge in [0.25, 0.3) is 0 Å². The number of hydrogen-bond acceptors (Lipinski definition) is 8. The van der Waals surface area contributed by atoms with E-state index in [2.05, 4.69) is 27.4 Å². The molecule has 1 aliphatic heterocycles. The Hall–Kier alpha value is -3.33. The summed E-state index contributed by atoms with van der Waals surface area (Å²) in [6.45, 7) is 2.64. The lowest BCUT2D eigenvalue weighted by Crippen LogP contribution is -2.09. The van der Waals surface area contributed by atoms with E-state index < -0.39 is 0 Å². The Morgan fingerprint density at radius 1 is 0.947 bits per heavy atom.